The van der Waals surface area contributed by atoms with E-state index in [0.29, 0.717) is 18.4 Å². The van der Waals surface area contributed by atoms with Crippen molar-refractivity contribution in [1.29, 1.82) is 0 Å². The van der Waals surface area contributed by atoms with E-state index >= 15 is 0 Å². The van der Waals surface area contributed by atoms with E-state index in [0.717, 1.165) is 31.7 Å². The lowest BCUT2D eigenvalue weighted by Gasteiger charge is -2.32. The van der Waals surface area contributed by atoms with Crippen molar-refractivity contribution >= 4 is 5.82 Å². The number of aromatic nitrogens is 1. The molecule has 21 heavy (non-hydrogen) atoms. The Kier molecular flexibility index (Phi) is 5.37. The molecule has 118 valence electrons. The van der Waals surface area contributed by atoms with E-state index in [9.17, 15) is 8.78 Å². The zero-order chi connectivity index (χ0) is 15.4. The molecule has 3 unspecified atom stereocenters. The van der Waals surface area contributed by atoms with Gasteiger partial charge in [-0.1, -0.05) is 20.8 Å². The van der Waals surface area contributed by atoms with Gasteiger partial charge >= 0.3 is 0 Å². The van der Waals surface area contributed by atoms with Gasteiger partial charge in [0, 0.05) is 12.6 Å². The Morgan fingerprint density at radius 1 is 1.24 bits per heavy atom. The summed E-state index contributed by atoms with van der Waals surface area (Å²) in [6.45, 7) is 6.97. The second-order valence-corrected chi connectivity index (χ2v) is 6.04. The Hall–Kier alpha value is -1.39. The largest absolute Gasteiger partial charge is 0.472 e. The molecule has 1 fully saturated rings. The van der Waals surface area contributed by atoms with Crippen molar-refractivity contribution in [2.75, 3.05) is 11.9 Å². The lowest BCUT2D eigenvalue weighted by Crippen LogP contribution is -2.29. The van der Waals surface area contributed by atoms with Gasteiger partial charge in [0.15, 0.2) is 17.5 Å². The summed E-state index contributed by atoms with van der Waals surface area (Å²) in [7, 11) is 0. The van der Waals surface area contributed by atoms with Crippen molar-refractivity contribution in [3.63, 3.8) is 0 Å². The molecule has 5 heteroatoms. The second kappa shape index (κ2) is 7.05. The molecule has 1 aliphatic rings. The van der Waals surface area contributed by atoms with E-state index in [1.165, 1.54) is 0 Å². The van der Waals surface area contributed by atoms with Crippen LogP contribution in [0.4, 0.5) is 14.6 Å². The van der Waals surface area contributed by atoms with Crippen LogP contribution in [0.3, 0.4) is 0 Å². The van der Waals surface area contributed by atoms with Gasteiger partial charge in [-0.3, -0.25) is 0 Å². The lowest BCUT2D eigenvalue weighted by molar-refractivity contribution is 0.0922. The maximum atomic E-state index is 13.8. The fourth-order valence-corrected chi connectivity index (χ4v) is 2.66. The monoisotopic (exact) mass is 298 g/mol. The Bertz CT molecular complexity index is 482. The smallest absolute Gasteiger partial charge is 0.252 e. The van der Waals surface area contributed by atoms with Crippen LogP contribution >= 0.6 is 0 Å². The van der Waals surface area contributed by atoms with Crippen LogP contribution in [0.2, 0.25) is 0 Å². The highest BCUT2D eigenvalue weighted by atomic mass is 19.1. The fraction of sp³-hybridized carbons (Fsp3) is 0.688. The quantitative estimate of drug-likeness (QED) is 0.875. The number of nitrogens with zero attached hydrogens (tertiary/aromatic N) is 1. The van der Waals surface area contributed by atoms with Gasteiger partial charge in [-0.25, -0.2) is 8.78 Å². The van der Waals surface area contributed by atoms with Crippen LogP contribution in [-0.2, 0) is 0 Å². The first-order chi connectivity index (χ1) is 10.0. The van der Waals surface area contributed by atoms with Crippen molar-refractivity contribution in [3.8, 4) is 5.88 Å². The molecule has 1 aliphatic carbocycles. The molecule has 0 aromatic carbocycles. The van der Waals surface area contributed by atoms with Gasteiger partial charge in [0.25, 0.3) is 5.88 Å². The van der Waals surface area contributed by atoms with E-state index < -0.39 is 11.6 Å². The van der Waals surface area contributed by atoms with Crippen LogP contribution in [0.5, 0.6) is 5.88 Å². The Morgan fingerprint density at radius 2 is 2.00 bits per heavy atom. The van der Waals surface area contributed by atoms with Crippen molar-refractivity contribution in [3.05, 3.63) is 17.7 Å². The number of hydrogen-bond acceptors (Lipinski definition) is 3. The zero-order valence-electron chi connectivity index (χ0n) is 13.0. The average Bonchev–Trinajstić information content (AvgIpc) is 2.44. The summed E-state index contributed by atoms with van der Waals surface area (Å²) >= 11 is 0. The highest BCUT2D eigenvalue weighted by Gasteiger charge is 2.27. The summed E-state index contributed by atoms with van der Waals surface area (Å²) in [4.78, 5) is 3.96. The molecule has 1 aromatic heterocycles. The first kappa shape index (κ1) is 16.0. The number of hydrogen-bond donors (Lipinski definition) is 1. The van der Waals surface area contributed by atoms with Gasteiger partial charge in [-0.05, 0) is 37.5 Å². The highest BCUT2D eigenvalue weighted by molar-refractivity contribution is 5.39. The lowest BCUT2D eigenvalue weighted by atomic mass is 9.80. The van der Waals surface area contributed by atoms with Crippen LogP contribution in [-0.4, -0.2) is 17.6 Å². The van der Waals surface area contributed by atoms with E-state index in [-0.39, 0.29) is 17.8 Å². The number of pyridine rings is 1. The molecule has 0 radical (unpaired) electrons. The van der Waals surface area contributed by atoms with Crippen LogP contribution < -0.4 is 10.1 Å². The molecule has 1 heterocycles. The highest BCUT2D eigenvalue weighted by Crippen LogP contribution is 2.32. The Balaban J connectivity index is 2.08. The van der Waals surface area contributed by atoms with Crippen LogP contribution in [0, 0.1) is 23.5 Å². The fourth-order valence-electron chi connectivity index (χ4n) is 2.66. The Labute approximate surface area is 125 Å². The Morgan fingerprint density at radius 3 is 2.67 bits per heavy atom. The molecule has 0 amide bonds. The summed E-state index contributed by atoms with van der Waals surface area (Å²) in [5, 5.41) is 2.85. The van der Waals surface area contributed by atoms with Gasteiger partial charge in [-0.15, -0.1) is 0 Å². The SMILES string of the molecule is CCCNc1nc(OC2CCC(C)C(C)C2)c(F)cc1F. The molecule has 0 aliphatic heterocycles. The molecular weight excluding hydrogens is 274 g/mol. The first-order valence-corrected chi connectivity index (χ1v) is 7.77. The van der Waals surface area contributed by atoms with E-state index in [1.54, 1.807) is 0 Å². The van der Waals surface area contributed by atoms with Crippen LogP contribution in [0.25, 0.3) is 0 Å². The molecule has 0 spiro atoms. The number of halogens is 2. The summed E-state index contributed by atoms with van der Waals surface area (Å²) in [5.74, 6) is -0.241. The molecule has 1 aromatic rings. The number of nitrogens with one attached hydrogen (secondary N) is 1. The minimum absolute atomic E-state index is 0.0392. The van der Waals surface area contributed by atoms with E-state index in [1.807, 2.05) is 6.92 Å². The third-order valence-electron chi connectivity index (χ3n) is 4.27. The first-order valence-electron chi connectivity index (χ1n) is 7.77. The molecule has 0 saturated heterocycles. The zero-order valence-corrected chi connectivity index (χ0v) is 13.0. The van der Waals surface area contributed by atoms with Gasteiger partial charge in [0.05, 0.1) is 0 Å². The predicted molar refractivity (Wildman–Crippen MR) is 79.5 cm³/mol. The van der Waals surface area contributed by atoms with Gasteiger partial charge < -0.3 is 10.1 Å². The van der Waals surface area contributed by atoms with Crippen molar-refractivity contribution in [2.24, 2.45) is 11.8 Å². The number of ether oxygens (including phenoxy) is 1. The molecule has 1 N–H and O–H groups in total. The minimum Gasteiger partial charge on any atom is -0.472 e. The van der Waals surface area contributed by atoms with Crippen molar-refractivity contribution < 1.29 is 13.5 Å². The predicted octanol–water partition coefficient (Wildman–Crippen LogP) is 4.39. The average molecular weight is 298 g/mol. The molecular formula is C16H24F2N2O. The maximum absolute atomic E-state index is 13.8. The normalized spacial score (nSPS) is 25.7. The van der Waals surface area contributed by atoms with Crippen molar-refractivity contribution in [1.82, 2.24) is 4.98 Å². The standard InChI is InChI=1S/C16H24F2N2O/c1-4-7-19-15-13(17)9-14(18)16(20-15)21-12-6-5-10(2)11(3)8-12/h9-12H,4-8H2,1-3H3,(H,19,20). The topological polar surface area (TPSA) is 34.2 Å². The summed E-state index contributed by atoms with van der Waals surface area (Å²) < 4.78 is 33.1. The summed E-state index contributed by atoms with van der Waals surface area (Å²) in [6, 6.07) is 0.842. The second-order valence-electron chi connectivity index (χ2n) is 6.04. The molecule has 3 nitrogen and oxygen atoms in total. The number of anilines is 1. The van der Waals surface area contributed by atoms with Gasteiger partial charge in [-0.2, -0.15) is 4.98 Å². The van der Waals surface area contributed by atoms with Crippen molar-refractivity contribution in [2.45, 2.75) is 52.6 Å². The molecule has 1 saturated carbocycles. The van der Waals surface area contributed by atoms with E-state index in [2.05, 4.69) is 24.1 Å². The van der Waals surface area contributed by atoms with E-state index in [4.69, 9.17) is 4.74 Å². The van der Waals surface area contributed by atoms with Gasteiger partial charge in [0.2, 0.25) is 0 Å². The minimum atomic E-state index is -0.735. The summed E-state index contributed by atoms with van der Waals surface area (Å²) in [6.07, 6.45) is 3.64. The van der Waals surface area contributed by atoms with Gasteiger partial charge in [0.1, 0.15) is 6.10 Å². The third kappa shape index (κ3) is 4.05. The number of rotatable bonds is 5. The summed E-state index contributed by atoms with van der Waals surface area (Å²) in [5.41, 5.74) is 0. The molecule has 0 bridgehead atoms. The maximum Gasteiger partial charge on any atom is 0.252 e. The van der Waals surface area contributed by atoms with Crippen LogP contribution in [0.1, 0.15) is 46.5 Å². The van der Waals surface area contributed by atoms with Crippen LogP contribution in [0.15, 0.2) is 6.07 Å². The third-order valence-corrected chi connectivity index (χ3v) is 4.27. The molecule has 2 rings (SSSR count). The molecule has 3 atom stereocenters.